The zero-order valence-corrected chi connectivity index (χ0v) is 15.9. The van der Waals surface area contributed by atoms with Crippen LogP contribution in [0.25, 0.3) is 0 Å². The van der Waals surface area contributed by atoms with E-state index in [2.05, 4.69) is 9.80 Å². The Morgan fingerprint density at radius 2 is 0.583 bits per heavy atom. The predicted molar refractivity (Wildman–Crippen MR) is 106 cm³/mol. The highest BCUT2D eigenvalue weighted by Gasteiger charge is 2.07. The number of hydrogen-bond acceptors (Lipinski definition) is 6. The SMILES string of the molecule is NCCCCN(CCCN)CCCCN(CCCN)CCCCN. The molecule has 0 amide bonds. The largest absolute Gasteiger partial charge is 0.330 e. The molecule has 0 rings (SSSR count). The van der Waals surface area contributed by atoms with Crippen molar-refractivity contribution in [2.75, 3.05) is 65.4 Å². The lowest BCUT2D eigenvalue weighted by atomic mass is 10.2. The van der Waals surface area contributed by atoms with Crippen molar-refractivity contribution in [3.05, 3.63) is 0 Å². The Morgan fingerprint density at radius 3 is 0.875 bits per heavy atom. The molecule has 0 radical (unpaired) electrons. The van der Waals surface area contributed by atoms with Gasteiger partial charge in [0.1, 0.15) is 0 Å². The number of unbranched alkanes of at least 4 members (excludes halogenated alkanes) is 3. The van der Waals surface area contributed by atoms with Crippen molar-refractivity contribution < 1.29 is 0 Å². The molecule has 0 spiro atoms. The van der Waals surface area contributed by atoms with Gasteiger partial charge in [-0.25, -0.2) is 0 Å². The average Bonchev–Trinajstić information content (AvgIpc) is 2.60. The summed E-state index contributed by atoms with van der Waals surface area (Å²) in [5.74, 6) is 0. The Kier molecular flexibility index (Phi) is 18.9. The molecule has 0 saturated heterocycles. The van der Waals surface area contributed by atoms with Gasteiger partial charge < -0.3 is 32.7 Å². The summed E-state index contributed by atoms with van der Waals surface area (Å²) < 4.78 is 0. The molecule has 0 aromatic rings. The minimum atomic E-state index is 0.779. The van der Waals surface area contributed by atoms with E-state index in [9.17, 15) is 0 Å². The zero-order chi connectivity index (χ0) is 17.9. The molecule has 0 bridgehead atoms. The molecule has 0 aliphatic heterocycles. The maximum Gasteiger partial charge on any atom is -0.000672 e. The lowest BCUT2D eigenvalue weighted by Gasteiger charge is -2.24. The second kappa shape index (κ2) is 19.1. The van der Waals surface area contributed by atoms with Crippen molar-refractivity contribution in [3.8, 4) is 0 Å². The van der Waals surface area contributed by atoms with Crippen LogP contribution in [-0.4, -0.2) is 75.2 Å². The minimum Gasteiger partial charge on any atom is -0.330 e. The lowest BCUT2D eigenvalue weighted by molar-refractivity contribution is 0.234. The van der Waals surface area contributed by atoms with Gasteiger partial charge in [-0.15, -0.1) is 0 Å². The first-order chi connectivity index (χ1) is 11.8. The van der Waals surface area contributed by atoms with Gasteiger partial charge in [-0.1, -0.05) is 0 Å². The van der Waals surface area contributed by atoms with E-state index in [-0.39, 0.29) is 0 Å². The van der Waals surface area contributed by atoms with Crippen LogP contribution in [0.4, 0.5) is 0 Å². The first-order valence-electron chi connectivity index (χ1n) is 10.0. The maximum atomic E-state index is 5.66. The smallest absolute Gasteiger partial charge is 0.000672 e. The molecule has 24 heavy (non-hydrogen) atoms. The first-order valence-corrected chi connectivity index (χ1v) is 10.0. The van der Waals surface area contributed by atoms with Gasteiger partial charge >= 0.3 is 0 Å². The van der Waals surface area contributed by atoms with Gasteiger partial charge in [0.15, 0.2) is 0 Å². The lowest BCUT2D eigenvalue weighted by Crippen LogP contribution is -2.31. The van der Waals surface area contributed by atoms with Crippen LogP contribution in [0.3, 0.4) is 0 Å². The van der Waals surface area contributed by atoms with E-state index in [4.69, 9.17) is 22.9 Å². The van der Waals surface area contributed by atoms with Gasteiger partial charge in [0.25, 0.3) is 0 Å². The Morgan fingerprint density at radius 1 is 0.333 bits per heavy atom. The Bertz CT molecular complexity index is 216. The Labute approximate surface area is 150 Å². The van der Waals surface area contributed by atoms with E-state index in [1.165, 1.54) is 38.8 Å². The monoisotopic (exact) mass is 344 g/mol. The van der Waals surface area contributed by atoms with Gasteiger partial charge in [0.05, 0.1) is 0 Å². The van der Waals surface area contributed by atoms with Crippen molar-refractivity contribution in [3.63, 3.8) is 0 Å². The summed E-state index contributed by atoms with van der Waals surface area (Å²) in [5.41, 5.74) is 22.5. The Balaban J connectivity index is 3.95. The summed E-state index contributed by atoms with van der Waals surface area (Å²) in [7, 11) is 0. The van der Waals surface area contributed by atoms with E-state index in [0.29, 0.717) is 0 Å². The number of rotatable bonds is 19. The number of nitrogens with two attached hydrogens (primary N) is 4. The molecule has 8 N–H and O–H groups in total. The maximum absolute atomic E-state index is 5.66. The van der Waals surface area contributed by atoms with Crippen LogP contribution in [0.2, 0.25) is 0 Å². The van der Waals surface area contributed by atoms with Gasteiger partial charge in [-0.2, -0.15) is 0 Å². The average molecular weight is 345 g/mol. The molecule has 146 valence electrons. The third kappa shape index (κ3) is 15.3. The first kappa shape index (κ1) is 23.8. The molecule has 0 aliphatic carbocycles. The normalized spacial score (nSPS) is 11.8. The molecule has 0 aliphatic rings. The van der Waals surface area contributed by atoms with E-state index >= 15 is 0 Å². The highest BCUT2D eigenvalue weighted by molar-refractivity contribution is 4.63. The molecule has 6 heteroatoms. The van der Waals surface area contributed by atoms with Gasteiger partial charge in [-0.05, 0) is 117 Å². The fourth-order valence-electron chi connectivity index (χ4n) is 2.93. The summed E-state index contributed by atoms with van der Waals surface area (Å²) in [6, 6.07) is 0. The van der Waals surface area contributed by atoms with E-state index in [0.717, 1.165) is 78.0 Å². The second-order valence-electron chi connectivity index (χ2n) is 6.67. The van der Waals surface area contributed by atoms with Crippen LogP contribution in [0.15, 0.2) is 0 Å². The summed E-state index contributed by atoms with van der Waals surface area (Å²) in [5, 5.41) is 0. The van der Waals surface area contributed by atoms with Crippen LogP contribution < -0.4 is 22.9 Å². The molecule has 0 aromatic heterocycles. The Hall–Kier alpha value is -0.240. The minimum absolute atomic E-state index is 0.779. The summed E-state index contributed by atoms with van der Waals surface area (Å²) in [4.78, 5) is 5.11. The molecule has 0 unspecified atom stereocenters. The molecule has 0 atom stereocenters. The van der Waals surface area contributed by atoms with E-state index < -0.39 is 0 Å². The van der Waals surface area contributed by atoms with Crippen molar-refractivity contribution in [2.24, 2.45) is 22.9 Å². The number of hydrogen-bond donors (Lipinski definition) is 4. The highest BCUT2D eigenvalue weighted by Crippen LogP contribution is 2.04. The third-order valence-corrected chi connectivity index (χ3v) is 4.41. The molecule has 6 nitrogen and oxygen atoms in total. The van der Waals surface area contributed by atoms with Crippen LogP contribution in [-0.2, 0) is 0 Å². The van der Waals surface area contributed by atoms with Crippen molar-refractivity contribution in [2.45, 2.75) is 51.4 Å². The van der Waals surface area contributed by atoms with Crippen LogP contribution in [0.5, 0.6) is 0 Å². The summed E-state index contributed by atoms with van der Waals surface area (Å²) >= 11 is 0. The molecule has 0 saturated carbocycles. The third-order valence-electron chi connectivity index (χ3n) is 4.41. The molecule has 0 aromatic carbocycles. The topological polar surface area (TPSA) is 111 Å². The predicted octanol–water partition coefficient (Wildman–Crippen LogP) is 0.546. The van der Waals surface area contributed by atoms with Crippen LogP contribution in [0.1, 0.15) is 51.4 Å². The quantitative estimate of drug-likeness (QED) is 0.255. The zero-order valence-electron chi connectivity index (χ0n) is 15.9. The number of nitrogens with zero attached hydrogens (tertiary/aromatic N) is 2. The van der Waals surface area contributed by atoms with E-state index in [1.54, 1.807) is 0 Å². The van der Waals surface area contributed by atoms with Gasteiger partial charge in [0, 0.05) is 0 Å². The van der Waals surface area contributed by atoms with Gasteiger partial charge in [0.2, 0.25) is 0 Å². The van der Waals surface area contributed by atoms with Crippen molar-refractivity contribution in [1.29, 1.82) is 0 Å². The van der Waals surface area contributed by atoms with E-state index in [1.807, 2.05) is 0 Å². The van der Waals surface area contributed by atoms with Crippen LogP contribution >= 0.6 is 0 Å². The summed E-state index contributed by atoms with van der Waals surface area (Å²) in [6.07, 6.45) is 9.31. The summed E-state index contributed by atoms with van der Waals surface area (Å²) in [6.45, 7) is 10.1. The van der Waals surface area contributed by atoms with Crippen LogP contribution in [0, 0.1) is 0 Å². The molecule has 0 heterocycles. The highest BCUT2D eigenvalue weighted by atomic mass is 15.1. The fourth-order valence-corrected chi connectivity index (χ4v) is 2.93. The molecular formula is C18H44N6. The van der Waals surface area contributed by atoms with Crippen molar-refractivity contribution >= 4 is 0 Å². The van der Waals surface area contributed by atoms with Gasteiger partial charge in [-0.3, -0.25) is 0 Å². The second-order valence-corrected chi connectivity index (χ2v) is 6.67. The standard InChI is InChI=1S/C18H44N6/c19-9-1-3-13-23(17-7-11-21)15-5-6-16-24(18-8-12-22)14-4-2-10-20/h1-22H2. The van der Waals surface area contributed by atoms with Crippen molar-refractivity contribution in [1.82, 2.24) is 9.80 Å². The molecular weight excluding hydrogens is 300 g/mol. The fraction of sp³-hybridized carbons (Fsp3) is 1.00. The molecule has 0 fully saturated rings.